The Kier molecular flexibility index (Phi) is 7.84. The minimum Gasteiger partial charge on any atom is -0.497 e. The van der Waals surface area contributed by atoms with Crippen LogP contribution in [0, 0.1) is 5.41 Å². The maximum absolute atomic E-state index is 9.67. The summed E-state index contributed by atoms with van der Waals surface area (Å²) in [7, 11) is 3.04. The molecule has 0 aromatic heterocycles. The first-order valence-corrected chi connectivity index (χ1v) is 9.35. The number of hydroxylamine groups is 1. The van der Waals surface area contributed by atoms with Crippen LogP contribution in [0.15, 0.2) is 57.4 Å². The molecule has 0 amide bonds. The Bertz CT molecular complexity index is 1120. The van der Waals surface area contributed by atoms with E-state index in [-0.39, 0.29) is 42.4 Å². The van der Waals surface area contributed by atoms with E-state index in [0.717, 1.165) is 24.1 Å². The van der Waals surface area contributed by atoms with Crippen LogP contribution in [0.4, 0.5) is 0 Å². The molecule has 1 unspecified atom stereocenters. The van der Waals surface area contributed by atoms with Crippen LogP contribution in [0.5, 0.6) is 11.5 Å². The van der Waals surface area contributed by atoms with E-state index in [1.54, 1.807) is 18.2 Å². The van der Waals surface area contributed by atoms with Crippen molar-refractivity contribution in [3.05, 3.63) is 59.2 Å². The van der Waals surface area contributed by atoms with Crippen molar-refractivity contribution in [2.24, 2.45) is 20.7 Å². The van der Waals surface area contributed by atoms with Gasteiger partial charge in [0.25, 0.3) is 0 Å². The number of hydrogen-bond donors (Lipinski definition) is 4. The van der Waals surface area contributed by atoms with Crippen LogP contribution in [-0.2, 0) is 12.0 Å². The average molecular weight is 479 g/mol. The van der Waals surface area contributed by atoms with Gasteiger partial charge in [-0.05, 0) is 42.2 Å². The summed E-state index contributed by atoms with van der Waals surface area (Å²) >= 11 is 0. The van der Waals surface area contributed by atoms with Crippen molar-refractivity contribution in [3.8, 4) is 11.5 Å². The predicted molar refractivity (Wildman–Crippen MR) is 129 cm³/mol. The van der Waals surface area contributed by atoms with Gasteiger partial charge in [0.1, 0.15) is 11.5 Å². The number of benzene rings is 2. The number of ether oxygens (including phenoxy) is 2. The van der Waals surface area contributed by atoms with E-state index in [2.05, 4.69) is 16.1 Å². The van der Waals surface area contributed by atoms with Gasteiger partial charge in [-0.2, -0.15) is 4.99 Å². The van der Waals surface area contributed by atoms with Crippen LogP contribution in [0.2, 0.25) is 0 Å². The van der Waals surface area contributed by atoms with E-state index in [1.165, 1.54) is 19.8 Å². The summed E-state index contributed by atoms with van der Waals surface area (Å²) in [5.74, 6) is 0.711. The smallest absolute Gasteiger partial charge is 0.219 e. The van der Waals surface area contributed by atoms with Gasteiger partial charge in [0, 0.05) is 5.56 Å². The van der Waals surface area contributed by atoms with Gasteiger partial charge in [0.2, 0.25) is 11.5 Å². The molecular weight excluding hydrogens is 455 g/mol. The molecule has 0 spiro atoms. The van der Waals surface area contributed by atoms with Crippen LogP contribution < -0.4 is 20.7 Å². The van der Waals surface area contributed by atoms with Crippen molar-refractivity contribution in [2.75, 3.05) is 14.2 Å². The maximum atomic E-state index is 9.67. The second kappa shape index (κ2) is 9.99. The van der Waals surface area contributed by atoms with E-state index in [4.69, 9.17) is 25.6 Å². The second-order valence-corrected chi connectivity index (χ2v) is 6.88. The summed E-state index contributed by atoms with van der Waals surface area (Å²) in [5, 5.41) is 18.2. The normalized spacial score (nSPS) is 19.8. The SMILES string of the molecule is COc1ccc(OC)c(C2(C(=N)NO)N=C(N)N=C2N=C2CCc3ccccc32)c1.Cl.Cl. The van der Waals surface area contributed by atoms with Crippen molar-refractivity contribution in [2.45, 2.75) is 18.4 Å². The lowest BCUT2D eigenvalue weighted by Crippen LogP contribution is -2.46. The topological polar surface area (TPSA) is 138 Å². The molecule has 1 aliphatic heterocycles. The Morgan fingerprint density at radius 3 is 2.59 bits per heavy atom. The number of fused-ring (bicyclic) bond motifs is 1. The molecule has 2 aromatic carbocycles. The zero-order valence-corrected chi connectivity index (χ0v) is 19.1. The summed E-state index contributed by atoms with van der Waals surface area (Å²) in [5.41, 5.74) is 9.75. The molecule has 0 radical (unpaired) electrons. The molecule has 0 saturated carbocycles. The standard InChI is InChI=1S/C21H22N6O3.2ClH/c1-29-13-8-10-17(30-2)15(11-13)21(18(22)27-28)19(25-20(23)26-21)24-16-9-7-12-5-3-4-6-14(12)16;;/h3-6,8,10-11,28H,7,9H2,1-2H3,(H2,22,27)(H2,23,26);2*1H. The molecule has 2 aliphatic rings. The van der Waals surface area contributed by atoms with Crippen molar-refractivity contribution in [3.63, 3.8) is 0 Å². The lowest BCUT2D eigenvalue weighted by molar-refractivity contribution is 0.226. The zero-order chi connectivity index (χ0) is 21.3. The minimum absolute atomic E-state index is 0. The lowest BCUT2D eigenvalue weighted by Gasteiger charge is -2.28. The Hall–Kier alpha value is -3.14. The second-order valence-electron chi connectivity index (χ2n) is 6.88. The highest BCUT2D eigenvalue weighted by atomic mass is 35.5. The monoisotopic (exact) mass is 478 g/mol. The number of halogens is 2. The van der Waals surface area contributed by atoms with Gasteiger partial charge in [0.15, 0.2) is 11.7 Å². The van der Waals surface area contributed by atoms with E-state index in [9.17, 15) is 5.21 Å². The number of aliphatic imine (C=N–C) groups is 3. The van der Waals surface area contributed by atoms with E-state index >= 15 is 0 Å². The molecule has 0 fully saturated rings. The van der Waals surface area contributed by atoms with Crippen LogP contribution in [0.25, 0.3) is 0 Å². The third-order valence-corrected chi connectivity index (χ3v) is 5.30. The number of nitrogens with one attached hydrogen (secondary N) is 2. The van der Waals surface area contributed by atoms with Gasteiger partial charge >= 0.3 is 0 Å². The van der Waals surface area contributed by atoms with E-state index < -0.39 is 5.54 Å². The number of amidine groups is 2. The molecule has 5 N–H and O–H groups in total. The Morgan fingerprint density at radius 1 is 1.16 bits per heavy atom. The van der Waals surface area contributed by atoms with Gasteiger partial charge < -0.3 is 15.2 Å². The van der Waals surface area contributed by atoms with Gasteiger partial charge in [0.05, 0.1) is 19.9 Å². The van der Waals surface area contributed by atoms with Crippen molar-refractivity contribution in [1.29, 1.82) is 5.41 Å². The third-order valence-electron chi connectivity index (χ3n) is 5.30. The molecule has 4 rings (SSSR count). The number of rotatable bonds is 4. The third kappa shape index (κ3) is 4.02. The number of methoxy groups -OCH3 is 2. The maximum Gasteiger partial charge on any atom is 0.219 e. The molecule has 9 nitrogen and oxygen atoms in total. The molecule has 0 bridgehead atoms. The number of nitrogens with zero attached hydrogens (tertiary/aromatic N) is 3. The van der Waals surface area contributed by atoms with Gasteiger partial charge in [-0.15, -0.1) is 24.8 Å². The fraction of sp³-hybridized carbons (Fsp3) is 0.238. The first kappa shape index (κ1) is 25.1. The Balaban J connectivity index is 0.00000181. The quantitative estimate of drug-likeness (QED) is 0.304. The Morgan fingerprint density at radius 2 is 1.91 bits per heavy atom. The number of nitrogens with two attached hydrogens (primary N) is 1. The summed E-state index contributed by atoms with van der Waals surface area (Å²) in [6.07, 6.45) is 1.59. The average Bonchev–Trinajstić information content (AvgIpc) is 3.34. The summed E-state index contributed by atoms with van der Waals surface area (Å²) in [6.45, 7) is 0. The fourth-order valence-corrected chi connectivity index (χ4v) is 3.85. The molecule has 1 heterocycles. The first-order valence-electron chi connectivity index (χ1n) is 9.35. The highest BCUT2D eigenvalue weighted by molar-refractivity contribution is 6.24. The zero-order valence-electron chi connectivity index (χ0n) is 17.5. The minimum atomic E-state index is -1.61. The molecule has 1 aliphatic carbocycles. The largest absolute Gasteiger partial charge is 0.497 e. The van der Waals surface area contributed by atoms with Crippen LogP contribution >= 0.6 is 24.8 Å². The van der Waals surface area contributed by atoms with Crippen LogP contribution in [-0.4, -0.2) is 42.8 Å². The highest BCUT2D eigenvalue weighted by Gasteiger charge is 2.49. The van der Waals surface area contributed by atoms with Crippen LogP contribution in [0.1, 0.15) is 23.1 Å². The van der Waals surface area contributed by atoms with Gasteiger partial charge in [-0.3, -0.25) is 16.1 Å². The molecule has 2 aromatic rings. The lowest BCUT2D eigenvalue weighted by atomic mass is 9.87. The number of aryl methyl sites for hydroxylation is 1. The molecule has 0 saturated heterocycles. The molecule has 11 heteroatoms. The summed E-state index contributed by atoms with van der Waals surface area (Å²) in [6, 6.07) is 13.1. The van der Waals surface area contributed by atoms with E-state index in [1.807, 2.05) is 23.7 Å². The molecular formula is C21H24Cl2N6O3. The highest BCUT2D eigenvalue weighted by Crippen LogP contribution is 2.40. The van der Waals surface area contributed by atoms with Gasteiger partial charge in [-0.25, -0.2) is 9.98 Å². The van der Waals surface area contributed by atoms with Crippen molar-refractivity contribution >= 4 is 48.2 Å². The molecule has 1 atom stereocenters. The fourth-order valence-electron chi connectivity index (χ4n) is 3.85. The number of guanidine groups is 1. The predicted octanol–water partition coefficient (Wildman–Crippen LogP) is 2.86. The van der Waals surface area contributed by atoms with Gasteiger partial charge in [-0.1, -0.05) is 24.3 Å². The van der Waals surface area contributed by atoms with Crippen LogP contribution in [0.3, 0.4) is 0 Å². The number of hydrogen-bond acceptors (Lipinski definition) is 8. The van der Waals surface area contributed by atoms with Crippen molar-refractivity contribution in [1.82, 2.24) is 5.48 Å². The summed E-state index contributed by atoms with van der Waals surface area (Å²) in [4.78, 5) is 13.5. The Labute approximate surface area is 197 Å². The van der Waals surface area contributed by atoms with E-state index in [0.29, 0.717) is 17.1 Å². The molecule has 170 valence electrons. The first-order chi connectivity index (χ1) is 14.5. The van der Waals surface area contributed by atoms with Crippen molar-refractivity contribution < 1.29 is 14.7 Å². The molecule has 32 heavy (non-hydrogen) atoms. The summed E-state index contributed by atoms with van der Waals surface area (Å²) < 4.78 is 10.9.